The van der Waals surface area contributed by atoms with E-state index in [9.17, 15) is 0 Å². The Morgan fingerprint density at radius 2 is 1.18 bits per heavy atom. The smallest absolute Gasteiger partial charge is 0.0262 e. The molecule has 0 aliphatic rings. The van der Waals surface area contributed by atoms with Crippen LogP contribution in [0.25, 0.3) is 0 Å². The summed E-state index contributed by atoms with van der Waals surface area (Å²) < 4.78 is 0. The van der Waals surface area contributed by atoms with E-state index in [2.05, 4.69) is 26.3 Å². The normalized spacial score (nSPS) is 8.76. The van der Waals surface area contributed by atoms with E-state index in [1.807, 2.05) is 58.9 Å². The van der Waals surface area contributed by atoms with Gasteiger partial charge in [0.1, 0.15) is 0 Å². The summed E-state index contributed by atoms with van der Waals surface area (Å²) in [5.41, 5.74) is 2.78. The molecule has 0 unspecified atom stereocenters. The topological polar surface area (TPSA) is 0 Å². The monoisotopic (exact) mass is 232 g/mol. The molecule has 0 heterocycles. The molecule has 0 N–H and O–H groups in total. The van der Waals surface area contributed by atoms with Crippen LogP contribution in [0.5, 0.6) is 0 Å². The van der Waals surface area contributed by atoms with E-state index in [0.29, 0.717) is 0 Å². The van der Waals surface area contributed by atoms with E-state index < -0.39 is 0 Å². The van der Waals surface area contributed by atoms with Gasteiger partial charge in [0.15, 0.2) is 0 Å². The quantitative estimate of drug-likeness (QED) is 0.508. The van der Waals surface area contributed by atoms with Gasteiger partial charge in [0, 0.05) is 0 Å². The van der Waals surface area contributed by atoms with Gasteiger partial charge in [0.05, 0.1) is 0 Å². The molecule has 0 aliphatic carbocycles. The predicted octanol–water partition coefficient (Wildman–Crippen LogP) is 6.03. The van der Waals surface area contributed by atoms with Crippen LogP contribution in [0.15, 0.2) is 73.4 Å². The first kappa shape index (κ1) is 20.8. The zero-order chi connectivity index (χ0) is 14.3. The van der Waals surface area contributed by atoms with Gasteiger partial charge in [0.25, 0.3) is 0 Å². The molecule has 0 saturated carbocycles. The largest absolute Gasteiger partial charge is 0.0991 e. The van der Waals surface area contributed by atoms with Crippen LogP contribution in [-0.4, -0.2) is 0 Å². The summed E-state index contributed by atoms with van der Waals surface area (Å²) in [6.45, 7) is 25.0. The summed E-state index contributed by atoms with van der Waals surface area (Å²) in [5.74, 6) is 0. The summed E-state index contributed by atoms with van der Waals surface area (Å²) >= 11 is 0. The van der Waals surface area contributed by atoms with Gasteiger partial charge < -0.3 is 0 Å². The van der Waals surface area contributed by atoms with Gasteiger partial charge in [-0.1, -0.05) is 90.0 Å². The first-order chi connectivity index (χ1) is 8.07. The molecule has 0 aromatic rings. The fourth-order valence-electron chi connectivity index (χ4n) is 0.641. The molecule has 0 atom stereocenters. The molecule has 0 aliphatic heterocycles. The first-order valence-electron chi connectivity index (χ1n) is 6.08. The van der Waals surface area contributed by atoms with Gasteiger partial charge >= 0.3 is 0 Å². The van der Waals surface area contributed by atoms with E-state index in [-0.39, 0.29) is 0 Å². The molecular weight excluding hydrogens is 204 g/mol. The molecule has 0 aromatic carbocycles. The average molecular weight is 232 g/mol. The van der Waals surface area contributed by atoms with Crippen molar-refractivity contribution < 1.29 is 0 Å². The molecular formula is C17H28. The number of allylic oxidation sites excluding steroid dienone is 8. The lowest BCUT2D eigenvalue weighted by molar-refractivity contribution is 1.50. The van der Waals surface area contributed by atoms with Crippen molar-refractivity contribution in [2.24, 2.45) is 0 Å². The summed E-state index contributed by atoms with van der Waals surface area (Å²) in [7, 11) is 0. The molecule has 0 fully saturated rings. The molecule has 0 heteroatoms. The van der Waals surface area contributed by atoms with Gasteiger partial charge in [-0.3, -0.25) is 0 Å². The van der Waals surface area contributed by atoms with Crippen molar-refractivity contribution in [1.29, 1.82) is 0 Å². The van der Waals surface area contributed by atoms with Gasteiger partial charge in [-0.15, -0.1) is 0 Å². The van der Waals surface area contributed by atoms with Crippen molar-refractivity contribution >= 4 is 0 Å². The van der Waals surface area contributed by atoms with Crippen LogP contribution in [0.3, 0.4) is 0 Å². The minimum Gasteiger partial charge on any atom is -0.0991 e. The maximum Gasteiger partial charge on any atom is -0.0262 e. The van der Waals surface area contributed by atoms with Crippen LogP contribution in [0, 0.1) is 0 Å². The maximum absolute atomic E-state index is 3.87. The molecule has 0 amide bonds. The summed E-state index contributed by atoms with van der Waals surface area (Å²) in [6.07, 6.45) is 9.23. The second kappa shape index (κ2) is 16.9. The van der Waals surface area contributed by atoms with E-state index >= 15 is 0 Å². The standard InChI is InChI=1S/C13H16.2C2H6/c1-6-7-8-12(4)13(5)10-9-11(2)3;2*1-2/h6-10H,1-2,4-5H2,3H3;2*1-2H3/b8-7-,10-9-;;. The van der Waals surface area contributed by atoms with Crippen molar-refractivity contribution in [2.75, 3.05) is 0 Å². The first-order valence-corrected chi connectivity index (χ1v) is 6.08. The fraction of sp³-hybridized carbons (Fsp3) is 0.294. The van der Waals surface area contributed by atoms with Crippen molar-refractivity contribution in [1.82, 2.24) is 0 Å². The minimum absolute atomic E-state index is 0.886. The lowest BCUT2D eigenvalue weighted by atomic mass is 10.1. The SMILES string of the molecule is C=C/C=C\C(=C)C(=C)/C=C\C(=C)C.CC.CC. The van der Waals surface area contributed by atoms with Gasteiger partial charge in [-0.05, 0) is 18.1 Å². The van der Waals surface area contributed by atoms with E-state index in [1.165, 1.54) is 0 Å². The Labute approximate surface area is 108 Å². The third kappa shape index (κ3) is 17.1. The Morgan fingerprint density at radius 1 is 0.765 bits per heavy atom. The zero-order valence-corrected chi connectivity index (χ0v) is 12.2. The third-order valence-electron chi connectivity index (χ3n) is 1.41. The van der Waals surface area contributed by atoms with Gasteiger partial charge in [-0.2, -0.15) is 0 Å². The third-order valence-corrected chi connectivity index (χ3v) is 1.41. The van der Waals surface area contributed by atoms with E-state index in [4.69, 9.17) is 0 Å². The Hall–Kier alpha value is -1.56. The number of rotatable bonds is 5. The van der Waals surface area contributed by atoms with Crippen LogP contribution in [0.1, 0.15) is 34.6 Å². The molecule has 0 rings (SSSR count). The lowest BCUT2D eigenvalue weighted by Crippen LogP contribution is -1.77. The molecule has 0 radical (unpaired) electrons. The molecule has 0 bridgehead atoms. The summed E-state index contributed by atoms with van der Waals surface area (Å²) in [6, 6.07) is 0. The summed E-state index contributed by atoms with van der Waals surface area (Å²) in [4.78, 5) is 0. The highest BCUT2D eigenvalue weighted by Crippen LogP contribution is 2.09. The number of hydrogen-bond donors (Lipinski definition) is 0. The van der Waals surface area contributed by atoms with Crippen LogP contribution < -0.4 is 0 Å². The van der Waals surface area contributed by atoms with Crippen LogP contribution >= 0.6 is 0 Å². The molecule has 0 saturated heterocycles. The Morgan fingerprint density at radius 3 is 1.53 bits per heavy atom. The van der Waals surface area contributed by atoms with Crippen molar-refractivity contribution in [3.8, 4) is 0 Å². The van der Waals surface area contributed by atoms with Crippen LogP contribution in [0.4, 0.5) is 0 Å². The minimum atomic E-state index is 0.886. The van der Waals surface area contributed by atoms with Crippen LogP contribution in [-0.2, 0) is 0 Å². The summed E-state index contributed by atoms with van der Waals surface area (Å²) in [5, 5.41) is 0. The molecule has 17 heavy (non-hydrogen) atoms. The van der Waals surface area contributed by atoms with Crippen molar-refractivity contribution in [3.05, 3.63) is 73.4 Å². The predicted molar refractivity (Wildman–Crippen MR) is 84.3 cm³/mol. The molecule has 0 nitrogen and oxygen atoms in total. The maximum atomic E-state index is 3.87. The lowest BCUT2D eigenvalue weighted by Gasteiger charge is -1.97. The van der Waals surface area contributed by atoms with Crippen molar-refractivity contribution in [2.45, 2.75) is 34.6 Å². The Kier molecular flexibility index (Phi) is 20.6. The van der Waals surface area contributed by atoms with Crippen molar-refractivity contribution in [3.63, 3.8) is 0 Å². The van der Waals surface area contributed by atoms with E-state index in [0.717, 1.165) is 16.7 Å². The van der Waals surface area contributed by atoms with E-state index in [1.54, 1.807) is 6.08 Å². The Bertz CT molecular complexity index is 285. The second-order valence-corrected chi connectivity index (χ2v) is 2.82. The van der Waals surface area contributed by atoms with Crippen LogP contribution in [0.2, 0.25) is 0 Å². The van der Waals surface area contributed by atoms with Gasteiger partial charge in [0.2, 0.25) is 0 Å². The molecule has 0 spiro atoms. The highest BCUT2D eigenvalue weighted by Gasteiger charge is 1.89. The molecule has 96 valence electrons. The average Bonchev–Trinajstić information content (AvgIpc) is 2.37. The zero-order valence-electron chi connectivity index (χ0n) is 12.2. The highest BCUT2D eigenvalue weighted by molar-refractivity contribution is 5.44. The number of hydrogen-bond acceptors (Lipinski definition) is 0. The Balaban J connectivity index is -0.000000439. The van der Waals surface area contributed by atoms with Gasteiger partial charge in [-0.25, -0.2) is 0 Å². The molecule has 0 aromatic heterocycles. The second-order valence-electron chi connectivity index (χ2n) is 2.82. The fourth-order valence-corrected chi connectivity index (χ4v) is 0.641. The highest BCUT2D eigenvalue weighted by atomic mass is 13.9.